The Morgan fingerprint density at radius 3 is 2.56 bits per heavy atom. The first-order valence-corrected chi connectivity index (χ1v) is 8.22. The van der Waals surface area contributed by atoms with Gasteiger partial charge in [0.1, 0.15) is 11.6 Å². The van der Waals surface area contributed by atoms with E-state index in [2.05, 4.69) is 20.6 Å². The number of nitrogens with zero attached hydrogens (tertiary/aromatic N) is 2. The molecule has 6 heteroatoms. The Hall–Kier alpha value is -2.79. The molecule has 25 heavy (non-hydrogen) atoms. The molecule has 0 saturated heterocycles. The molecule has 2 aromatic carbocycles. The number of hydrogen-bond donors (Lipinski definition) is 2. The summed E-state index contributed by atoms with van der Waals surface area (Å²) in [5.74, 6) is 1.98. The first kappa shape index (κ1) is 17.0. The van der Waals surface area contributed by atoms with Crippen LogP contribution in [0, 0.1) is 13.8 Å². The van der Waals surface area contributed by atoms with E-state index in [4.69, 9.17) is 16.3 Å². The molecule has 0 unspecified atom stereocenters. The minimum atomic E-state index is 0.510. The first-order valence-electron chi connectivity index (χ1n) is 7.84. The zero-order valence-electron chi connectivity index (χ0n) is 14.3. The standard InChI is InChI=1S/C19H19ClN4O/c1-12-10-18(23-17-9-5-8-16(20)13(17)2)24-19(21-12)22-14-6-4-7-15(11-14)25-3/h4-11H,1-3H3,(H2,21,22,23,24). The van der Waals surface area contributed by atoms with Crippen molar-refractivity contribution in [2.75, 3.05) is 17.7 Å². The third-order valence-corrected chi connectivity index (χ3v) is 4.12. The molecular formula is C19H19ClN4O. The highest BCUT2D eigenvalue weighted by Gasteiger charge is 2.07. The number of methoxy groups -OCH3 is 1. The number of hydrogen-bond acceptors (Lipinski definition) is 5. The van der Waals surface area contributed by atoms with Gasteiger partial charge in [-0.15, -0.1) is 0 Å². The zero-order chi connectivity index (χ0) is 17.8. The molecule has 0 aliphatic carbocycles. The predicted molar refractivity (Wildman–Crippen MR) is 103 cm³/mol. The summed E-state index contributed by atoms with van der Waals surface area (Å²) in [5.41, 5.74) is 3.60. The minimum absolute atomic E-state index is 0.510. The second-order valence-electron chi connectivity index (χ2n) is 5.61. The summed E-state index contributed by atoms with van der Waals surface area (Å²) in [6.07, 6.45) is 0. The van der Waals surface area contributed by atoms with E-state index in [-0.39, 0.29) is 0 Å². The van der Waals surface area contributed by atoms with Crippen LogP contribution in [0.1, 0.15) is 11.3 Å². The van der Waals surface area contributed by atoms with E-state index >= 15 is 0 Å². The summed E-state index contributed by atoms with van der Waals surface area (Å²) < 4.78 is 5.24. The van der Waals surface area contributed by atoms with Gasteiger partial charge >= 0.3 is 0 Å². The van der Waals surface area contributed by atoms with Crippen LogP contribution in [0.15, 0.2) is 48.5 Å². The van der Waals surface area contributed by atoms with E-state index in [1.165, 1.54) is 0 Å². The molecule has 0 amide bonds. The molecule has 3 aromatic rings. The van der Waals surface area contributed by atoms with Crippen molar-refractivity contribution in [3.05, 3.63) is 64.8 Å². The molecule has 1 aromatic heterocycles. The van der Waals surface area contributed by atoms with Crippen LogP contribution in [0.5, 0.6) is 5.75 Å². The average Bonchev–Trinajstić information content (AvgIpc) is 2.59. The van der Waals surface area contributed by atoms with Crippen molar-refractivity contribution in [3.8, 4) is 5.75 Å². The Balaban J connectivity index is 1.86. The predicted octanol–water partition coefficient (Wildman–Crippen LogP) is 5.24. The van der Waals surface area contributed by atoms with Crippen LogP contribution in [0.2, 0.25) is 5.02 Å². The Morgan fingerprint density at radius 2 is 1.76 bits per heavy atom. The highest BCUT2D eigenvalue weighted by molar-refractivity contribution is 6.31. The van der Waals surface area contributed by atoms with Crippen molar-refractivity contribution < 1.29 is 4.74 Å². The minimum Gasteiger partial charge on any atom is -0.497 e. The Labute approximate surface area is 152 Å². The monoisotopic (exact) mass is 354 g/mol. The maximum absolute atomic E-state index is 6.18. The molecule has 0 fully saturated rings. The number of aryl methyl sites for hydroxylation is 1. The van der Waals surface area contributed by atoms with Crippen molar-refractivity contribution in [1.29, 1.82) is 0 Å². The molecule has 2 N–H and O–H groups in total. The Kier molecular flexibility index (Phi) is 5.05. The quantitative estimate of drug-likeness (QED) is 0.656. The van der Waals surface area contributed by atoms with Crippen LogP contribution in [-0.2, 0) is 0 Å². The average molecular weight is 355 g/mol. The van der Waals surface area contributed by atoms with E-state index < -0.39 is 0 Å². The van der Waals surface area contributed by atoms with E-state index in [1.54, 1.807) is 7.11 Å². The summed E-state index contributed by atoms with van der Waals surface area (Å²) in [6, 6.07) is 15.2. The van der Waals surface area contributed by atoms with Gasteiger partial charge in [-0.2, -0.15) is 4.98 Å². The second-order valence-corrected chi connectivity index (χ2v) is 6.02. The van der Waals surface area contributed by atoms with Crippen molar-refractivity contribution in [3.63, 3.8) is 0 Å². The van der Waals surface area contributed by atoms with Gasteiger partial charge in [0.15, 0.2) is 0 Å². The number of ether oxygens (including phenoxy) is 1. The molecule has 0 aliphatic rings. The topological polar surface area (TPSA) is 59.1 Å². The van der Waals surface area contributed by atoms with Gasteiger partial charge < -0.3 is 15.4 Å². The normalized spacial score (nSPS) is 10.4. The second kappa shape index (κ2) is 7.40. The molecule has 0 spiro atoms. The van der Waals surface area contributed by atoms with Gasteiger partial charge in [-0.1, -0.05) is 23.7 Å². The summed E-state index contributed by atoms with van der Waals surface area (Å²) in [5, 5.41) is 7.22. The van der Waals surface area contributed by atoms with Crippen LogP contribution in [0.4, 0.5) is 23.1 Å². The van der Waals surface area contributed by atoms with Crippen LogP contribution in [-0.4, -0.2) is 17.1 Å². The lowest BCUT2D eigenvalue weighted by Gasteiger charge is -2.12. The number of aromatic nitrogens is 2. The maximum Gasteiger partial charge on any atom is 0.229 e. The van der Waals surface area contributed by atoms with Gasteiger partial charge in [-0.05, 0) is 43.7 Å². The summed E-state index contributed by atoms with van der Waals surface area (Å²) in [7, 11) is 1.64. The first-order chi connectivity index (χ1) is 12.0. The number of benzene rings is 2. The van der Waals surface area contributed by atoms with Crippen molar-refractivity contribution in [2.45, 2.75) is 13.8 Å². The van der Waals surface area contributed by atoms with Gasteiger partial charge in [0, 0.05) is 34.2 Å². The van der Waals surface area contributed by atoms with Crippen LogP contribution >= 0.6 is 11.6 Å². The highest BCUT2D eigenvalue weighted by Crippen LogP contribution is 2.26. The van der Waals surface area contributed by atoms with Crippen molar-refractivity contribution in [2.24, 2.45) is 0 Å². The van der Waals surface area contributed by atoms with Gasteiger partial charge in [-0.3, -0.25) is 0 Å². The fourth-order valence-corrected chi connectivity index (χ4v) is 2.57. The van der Waals surface area contributed by atoms with Crippen LogP contribution in [0.25, 0.3) is 0 Å². The third kappa shape index (κ3) is 4.19. The number of halogens is 1. The Morgan fingerprint density at radius 1 is 0.960 bits per heavy atom. The molecule has 3 rings (SSSR count). The molecule has 0 aliphatic heterocycles. The molecule has 0 saturated carbocycles. The van der Waals surface area contributed by atoms with Crippen LogP contribution in [0.3, 0.4) is 0 Å². The molecular weight excluding hydrogens is 336 g/mol. The lowest BCUT2D eigenvalue weighted by atomic mass is 10.2. The fraction of sp³-hybridized carbons (Fsp3) is 0.158. The molecule has 1 heterocycles. The Bertz CT molecular complexity index is 898. The summed E-state index contributed by atoms with van der Waals surface area (Å²) >= 11 is 6.18. The smallest absolute Gasteiger partial charge is 0.229 e. The number of anilines is 4. The lowest BCUT2D eigenvalue weighted by Crippen LogP contribution is -2.03. The fourth-order valence-electron chi connectivity index (χ4n) is 2.40. The number of rotatable bonds is 5. The van der Waals surface area contributed by atoms with Crippen molar-refractivity contribution >= 4 is 34.7 Å². The zero-order valence-corrected chi connectivity index (χ0v) is 15.1. The summed E-state index contributed by atoms with van der Waals surface area (Å²) in [6.45, 7) is 3.89. The molecule has 0 radical (unpaired) electrons. The van der Waals surface area contributed by atoms with Crippen LogP contribution < -0.4 is 15.4 Å². The van der Waals surface area contributed by atoms with E-state index in [1.807, 2.05) is 62.4 Å². The van der Waals surface area contributed by atoms with Gasteiger partial charge in [0.05, 0.1) is 7.11 Å². The molecule has 128 valence electrons. The summed E-state index contributed by atoms with van der Waals surface area (Å²) in [4.78, 5) is 8.97. The van der Waals surface area contributed by atoms with Gasteiger partial charge in [0.2, 0.25) is 5.95 Å². The lowest BCUT2D eigenvalue weighted by molar-refractivity contribution is 0.415. The molecule has 5 nitrogen and oxygen atoms in total. The SMILES string of the molecule is COc1cccc(Nc2nc(C)cc(Nc3cccc(Cl)c3C)n2)c1. The largest absolute Gasteiger partial charge is 0.497 e. The van der Waals surface area contributed by atoms with Gasteiger partial charge in [-0.25, -0.2) is 4.98 Å². The maximum atomic E-state index is 6.18. The number of nitrogens with one attached hydrogen (secondary N) is 2. The van der Waals surface area contributed by atoms with E-state index in [0.29, 0.717) is 16.8 Å². The van der Waals surface area contributed by atoms with Gasteiger partial charge in [0.25, 0.3) is 0 Å². The third-order valence-electron chi connectivity index (χ3n) is 3.71. The van der Waals surface area contributed by atoms with E-state index in [0.717, 1.165) is 28.4 Å². The molecule has 0 atom stereocenters. The highest BCUT2D eigenvalue weighted by atomic mass is 35.5. The molecule has 0 bridgehead atoms. The van der Waals surface area contributed by atoms with E-state index in [9.17, 15) is 0 Å². The van der Waals surface area contributed by atoms with Crippen molar-refractivity contribution in [1.82, 2.24) is 9.97 Å².